The zero-order valence-electron chi connectivity index (χ0n) is 8.72. The average molecular weight is 318 g/mol. The Morgan fingerprint density at radius 3 is 3.00 bits per heavy atom. The molecule has 0 aliphatic rings. The molecule has 0 aromatic heterocycles. The van der Waals surface area contributed by atoms with Crippen LogP contribution in [0.4, 0.5) is 5.69 Å². The highest BCUT2D eigenvalue weighted by Crippen LogP contribution is 2.17. The standard InChI is InChI=1S/C11H15IN2O/c1-15-6-2-5-14-11-7-10(12)4-3-9(11)8-13/h3-4,7-8,13-14H,2,5-6H2,1H3. The van der Waals surface area contributed by atoms with Gasteiger partial charge in [0.2, 0.25) is 0 Å². The molecule has 0 saturated carbocycles. The first-order valence-corrected chi connectivity index (χ1v) is 5.88. The molecule has 0 radical (unpaired) electrons. The number of anilines is 1. The molecular weight excluding hydrogens is 303 g/mol. The summed E-state index contributed by atoms with van der Waals surface area (Å²) in [4.78, 5) is 0. The lowest BCUT2D eigenvalue weighted by molar-refractivity contribution is 0.198. The van der Waals surface area contributed by atoms with E-state index in [4.69, 9.17) is 10.1 Å². The molecule has 2 N–H and O–H groups in total. The van der Waals surface area contributed by atoms with Crippen molar-refractivity contribution in [1.82, 2.24) is 0 Å². The summed E-state index contributed by atoms with van der Waals surface area (Å²) < 4.78 is 6.15. The van der Waals surface area contributed by atoms with Crippen molar-refractivity contribution in [3.05, 3.63) is 27.3 Å². The van der Waals surface area contributed by atoms with Crippen LogP contribution in [-0.2, 0) is 4.74 Å². The summed E-state index contributed by atoms with van der Waals surface area (Å²) >= 11 is 2.27. The van der Waals surface area contributed by atoms with Crippen molar-refractivity contribution in [2.45, 2.75) is 6.42 Å². The number of ether oxygens (including phenoxy) is 1. The Labute approximate surface area is 104 Å². The Balaban J connectivity index is 2.58. The fourth-order valence-electron chi connectivity index (χ4n) is 1.25. The molecule has 3 nitrogen and oxygen atoms in total. The lowest BCUT2D eigenvalue weighted by atomic mass is 10.2. The molecule has 0 heterocycles. The minimum absolute atomic E-state index is 0.761. The number of hydrogen-bond acceptors (Lipinski definition) is 3. The van der Waals surface area contributed by atoms with E-state index in [9.17, 15) is 0 Å². The number of benzene rings is 1. The molecule has 1 rings (SSSR count). The number of rotatable bonds is 6. The maximum absolute atomic E-state index is 7.28. The van der Waals surface area contributed by atoms with Crippen molar-refractivity contribution in [2.24, 2.45) is 0 Å². The summed E-state index contributed by atoms with van der Waals surface area (Å²) in [5, 5.41) is 10.6. The van der Waals surface area contributed by atoms with Crippen molar-refractivity contribution in [2.75, 3.05) is 25.6 Å². The average Bonchev–Trinajstić information content (AvgIpc) is 2.25. The summed E-state index contributed by atoms with van der Waals surface area (Å²) in [6.07, 6.45) is 2.34. The van der Waals surface area contributed by atoms with Gasteiger partial charge in [-0.3, -0.25) is 0 Å². The first-order chi connectivity index (χ1) is 7.27. The third-order valence-corrected chi connectivity index (χ3v) is 2.68. The van der Waals surface area contributed by atoms with Crippen LogP contribution < -0.4 is 5.32 Å². The molecule has 4 heteroatoms. The van der Waals surface area contributed by atoms with Gasteiger partial charge in [-0.1, -0.05) is 6.07 Å². The quantitative estimate of drug-likeness (QED) is 0.481. The molecule has 1 aromatic rings. The van der Waals surface area contributed by atoms with E-state index in [0.717, 1.165) is 30.8 Å². The molecule has 15 heavy (non-hydrogen) atoms. The normalized spacial score (nSPS) is 10.0. The lowest BCUT2D eigenvalue weighted by Crippen LogP contribution is -2.06. The van der Waals surface area contributed by atoms with Gasteiger partial charge in [-0.25, -0.2) is 0 Å². The minimum Gasteiger partial charge on any atom is -0.385 e. The van der Waals surface area contributed by atoms with E-state index in [0.29, 0.717) is 0 Å². The Hall–Kier alpha value is -0.620. The smallest absolute Gasteiger partial charge is 0.0479 e. The highest BCUT2D eigenvalue weighted by molar-refractivity contribution is 14.1. The summed E-state index contributed by atoms with van der Waals surface area (Å²) in [6, 6.07) is 6.00. The number of hydrogen-bond donors (Lipinski definition) is 2. The van der Waals surface area contributed by atoms with Gasteiger partial charge in [0.15, 0.2) is 0 Å². The van der Waals surface area contributed by atoms with Gasteiger partial charge in [-0.15, -0.1) is 0 Å². The van der Waals surface area contributed by atoms with Crippen molar-refractivity contribution in [3.63, 3.8) is 0 Å². The van der Waals surface area contributed by atoms with Crippen LogP contribution in [-0.4, -0.2) is 26.5 Å². The predicted molar refractivity (Wildman–Crippen MR) is 72.0 cm³/mol. The van der Waals surface area contributed by atoms with Gasteiger partial charge in [0, 0.05) is 41.3 Å². The highest BCUT2D eigenvalue weighted by atomic mass is 127. The molecule has 0 amide bonds. The molecule has 0 unspecified atom stereocenters. The summed E-state index contributed by atoms with van der Waals surface area (Å²) in [5.41, 5.74) is 1.95. The third kappa shape index (κ3) is 4.17. The van der Waals surface area contributed by atoms with E-state index < -0.39 is 0 Å². The summed E-state index contributed by atoms with van der Waals surface area (Å²) in [7, 11) is 1.70. The van der Waals surface area contributed by atoms with E-state index >= 15 is 0 Å². The van der Waals surface area contributed by atoms with Crippen LogP contribution >= 0.6 is 22.6 Å². The second-order valence-electron chi connectivity index (χ2n) is 3.15. The van der Waals surface area contributed by atoms with Gasteiger partial charge in [0.05, 0.1) is 0 Å². The fourth-order valence-corrected chi connectivity index (χ4v) is 1.74. The van der Waals surface area contributed by atoms with Gasteiger partial charge in [0.25, 0.3) is 0 Å². The Morgan fingerprint density at radius 2 is 2.33 bits per heavy atom. The maximum Gasteiger partial charge on any atom is 0.0479 e. The number of methoxy groups -OCH3 is 1. The first-order valence-electron chi connectivity index (χ1n) is 4.80. The highest BCUT2D eigenvalue weighted by Gasteiger charge is 1.99. The van der Waals surface area contributed by atoms with E-state index in [1.165, 1.54) is 9.78 Å². The molecule has 82 valence electrons. The fraction of sp³-hybridized carbons (Fsp3) is 0.364. The minimum atomic E-state index is 0.761. The van der Waals surface area contributed by atoms with Crippen molar-refractivity contribution >= 4 is 34.5 Å². The Bertz CT molecular complexity index is 328. The largest absolute Gasteiger partial charge is 0.385 e. The van der Waals surface area contributed by atoms with Crippen molar-refractivity contribution < 1.29 is 4.74 Å². The van der Waals surface area contributed by atoms with Gasteiger partial charge in [-0.2, -0.15) is 0 Å². The van der Waals surface area contributed by atoms with Gasteiger partial charge in [0.1, 0.15) is 0 Å². The van der Waals surface area contributed by atoms with E-state index in [-0.39, 0.29) is 0 Å². The van der Waals surface area contributed by atoms with Crippen LogP contribution in [0.2, 0.25) is 0 Å². The van der Waals surface area contributed by atoms with Crippen LogP contribution in [0, 0.1) is 8.98 Å². The van der Waals surface area contributed by atoms with Crippen molar-refractivity contribution in [1.29, 1.82) is 5.41 Å². The van der Waals surface area contributed by atoms with Gasteiger partial charge in [-0.05, 0) is 41.1 Å². The topological polar surface area (TPSA) is 45.1 Å². The SMILES string of the molecule is COCCCNc1cc(I)ccc1C=N. The molecule has 0 bridgehead atoms. The molecule has 0 saturated heterocycles. The van der Waals surface area contributed by atoms with E-state index in [2.05, 4.69) is 27.9 Å². The summed E-state index contributed by atoms with van der Waals surface area (Å²) in [5.74, 6) is 0. The molecule has 0 atom stereocenters. The molecule has 0 fully saturated rings. The molecular formula is C11H15IN2O. The van der Waals surface area contributed by atoms with Crippen LogP contribution in [0.1, 0.15) is 12.0 Å². The van der Waals surface area contributed by atoms with Crippen molar-refractivity contribution in [3.8, 4) is 0 Å². The van der Waals surface area contributed by atoms with Gasteiger partial charge < -0.3 is 15.5 Å². The van der Waals surface area contributed by atoms with E-state index in [1.807, 2.05) is 18.2 Å². The molecule has 0 aliphatic carbocycles. The number of halogens is 1. The molecule has 0 spiro atoms. The van der Waals surface area contributed by atoms with Gasteiger partial charge >= 0.3 is 0 Å². The zero-order chi connectivity index (χ0) is 11.1. The van der Waals surface area contributed by atoms with Crippen LogP contribution in [0.15, 0.2) is 18.2 Å². The van der Waals surface area contributed by atoms with E-state index in [1.54, 1.807) is 7.11 Å². The van der Waals surface area contributed by atoms with Crippen LogP contribution in [0.3, 0.4) is 0 Å². The van der Waals surface area contributed by atoms with Crippen LogP contribution in [0.25, 0.3) is 0 Å². The summed E-state index contributed by atoms with van der Waals surface area (Å²) in [6.45, 7) is 1.63. The molecule has 1 aromatic carbocycles. The number of nitrogens with one attached hydrogen (secondary N) is 2. The third-order valence-electron chi connectivity index (χ3n) is 2.01. The maximum atomic E-state index is 7.28. The Kier molecular flexibility index (Phi) is 5.63. The lowest BCUT2D eigenvalue weighted by Gasteiger charge is -2.09. The Morgan fingerprint density at radius 1 is 1.53 bits per heavy atom. The second kappa shape index (κ2) is 6.79. The molecule has 0 aliphatic heterocycles. The first kappa shape index (κ1) is 12.4. The van der Waals surface area contributed by atoms with Crippen LogP contribution in [0.5, 0.6) is 0 Å². The predicted octanol–water partition coefficient (Wildman–Crippen LogP) is 2.74. The zero-order valence-corrected chi connectivity index (χ0v) is 10.9. The second-order valence-corrected chi connectivity index (χ2v) is 4.39. The monoisotopic (exact) mass is 318 g/mol.